The highest BCUT2D eigenvalue weighted by Crippen LogP contribution is 2.37. The van der Waals surface area contributed by atoms with Gasteiger partial charge in [0.25, 0.3) is 11.6 Å². The Morgan fingerprint density at radius 2 is 1.59 bits per heavy atom. The van der Waals surface area contributed by atoms with Crippen molar-refractivity contribution in [1.82, 2.24) is 10.0 Å². The predicted molar refractivity (Wildman–Crippen MR) is 102 cm³/mol. The highest BCUT2D eigenvalue weighted by molar-refractivity contribution is 7.89. The lowest BCUT2D eigenvalue weighted by Gasteiger charge is -2.29. The third kappa shape index (κ3) is 4.13. The Morgan fingerprint density at radius 3 is 2.09 bits per heavy atom. The Kier molecular flexibility index (Phi) is 5.69. The second kappa shape index (κ2) is 7.87. The number of anilines is 2. The first-order valence-corrected chi connectivity index (χ1v) is 10.2. The molecule has 4 amide bonds. The normalized spacial score (nSPS) is 19.1. The monoisotopic (exact) mass is 474 g/mol. The summed E-state index contributed by atoms with van der Waals surface area (Å²) < 4.78 is 81.5. The van der Waals surface area contributed by atoms with E-state index in [1.54, 1.807) is 0 Å². The molecule has 1 aliphatic rings. The van der Waals surface area contributed by atoms with Crippen LogP contribution in [0.5, 0.6) is 0 Å². The molecule has 2 aromatic carbocycles. The van der Waals surface area contributed by atoms with E-state index >= 15 is 0 Å². The van der Waals surface area contributed by atoms with Crippen LogP contribution in [-0.4, -0.2) is 38.1 Å². The number of benzene rings is 2. The van der Waals surface area contributed by atoms with Crippen molar-refractivity contribution in [3.8, 4) is 0 Å². The van der Waals surface area contributed by atoms with E-state index in [1.165, 1.54) is 17.0 Å². The maximum absolute atomic E-state index is 13.9. The number of alkyl halides is 3. The van der Waals surface area contributed by atoms with Crippen molar-refractivity contribution in [2.75, 3.05) is 10.2 Å². The number of carbonyl (C=O) groups is 3. The minimum absolute atomic E-state index is 0.0509. The van der Waals surface area contributed by atoms with Gasteiger partial charge in [-0.25, -0.2) is 22.5 Å². The van der Waals surface area contributed by atoms with E-state index in [0.717, 1.165) is 48.5 Å². The first kappa shape index (κ1) is 23.1. The van der Waals surface area contributed by atoms with E-state index in [1.807, 2.05) is 0 Å². The van der Waals surface area contributed by atoms with Gasteiger partial charge in [-0.2, -0.15) is 17.9 Å². The molecule has 170 valence electrons. The fraction of sp³-hybridized carbons (Fsp3) is 0.167. The van der Waals surface area contributed by atoms with Gasteiger partial charge in [-0.3, -0.25) is 9.59 Å². The zero-order chi connectivity index (χ0) is 23.9. The van der Waals surface area contributed by atoms with E-state index < -0.39 is 56.1 Å². The van der Waals surface area contributed by atoms with Crippen LogP contribution in [0.25, 0.3) is 0 Å². The number of hydrogen-bond donors (Lipinski definition) is 3. The number of sulfonamides is 1. The number of hydrogen-bond acceptors (Lipinski definition) is 5. The molecule has 0 unspecified atom stereocenters. The second-order valence-corrected chi connectivity index (χ2v) is 8.29. The Bertz CT molecular complexity index is 1180. The number of urea groups is 1. The van der Waals surface area contributed by atoms with Crippen molar-refractivity contribution in [2.45, 2.75) is 23.7 Å². The van der Waals surface area contributed by atoms with Gasteiger partial charge in [0.05, 0.1) is 10.6 Å². The molecule has 1 saturated heterocycles. The van der Waals surface area contributed by atoms with Gasteiger partial charge in [-0.15, -0.1) is 0 Å². The molecule has 0 aromatic heterocycles. The van der Waals surface area contributed by atoms with E-state index in [2.05, 4.69) is 5.32 Å². The zero-order valence-corrected chi connectivity index (χ0v) is 16.8. The summed E-state index contributed by atoms with van der Waals surface area (Å²) >= 11 is 0. The second-order valence-electron chi connectivity index (χ2n) is 6.61. The van der Waals surface area contributed by atoms with Crippen molar-refractivity contribution in [1.29, 1.82) is 0 Å². The summed E-state index contributed by atoms with van der Waals surface area (Å²) in [5.41, 5.74) is -4.23. The molecule has 0 bridgehead atoms. The number of rotatable bonds is 5. The minimum Gasteiger partial charge on any atom is -0.326 e. The molecule has 1 heterocycles. The predicted octanol–water partition coefficient (Wildman–Crippen LogP) is 2.08. The average Bonchev–Trinajstić information content (AvgIpc) is 2.93. The molecule has 2 aromatic rings. The summed E-state index contributed by atoms with van der Waals surface area (Å²) in [5, 5.41) is 3.71. The highest BCUT2D eigenvalue weighted by atomic mass is 32.2. The number of carbonyl (C=O) groups excluding carboxylic acids is 3. The molecule has 0 saturated carbocycles. The molecular weight excluding hydrogens is 460 g/mol. The van der Waals surface area contributed by atoms with E-state index in [0.29, 0.717) is 0 Å². The van der Waals surface area contributed by atoms with E-state index in [9.17, 15) is 40.4 Å². The van der Waals surface area contributed by atoms with Gasteiger partial charge >= 0.3 is 12.2 Å². The van der Waals surface area contributed by atoms with Crippen LogP contribution in [0.4, 0.5) is 33.7 Å². The van der Waals surface area contributed by atoms with Gasteiger partial charge in [0.15, 0.2) is 0 Å². The van der Waals surface area contributed by atoms with Crippen LogP contribution < -0.4 is 20.3 Å². The third-order valence-electron chi connectivity index (χ3n) is 4.30. The largest absolute Gasteiger partial charge is 0.435 e. The molecule has 0 aliphatic carbocycles. The standard InChI is InChI=1S/C18H14F4N4O5S/c1-10(27)23-12-4-8-14(9-5-12)32(30,31)25-17(18(20,21)22)15(28)26(16(29)24-17)13-6-2-11(19)3-7-13/h2-9,25H,1H3,(H,23,27)(H,24,29)/t17-/m0/s1. The van der Waals surface area contributed by atoms with Gasteiger partial charge in [0.2, 0.25) is 15.9 Å². The first-order valence-electron chi connectivity index (χ1n) is 8.67. The maximum atomic E-state index is 13.9. The molecule has 14 heteroatoms. The van der Waals surface area contributed by atoms with Gasteiger partial charge in [-0.05, 0) is 48.5 Å². The maximum Gasteiger partial charge on any atom is 0.435 e. The van der Waals surface area contributed by atoms with Crippen molar-refractivity contribution >= 4 is 39.2 Å². The van der Waals surface area contributed by atoms with E-state index in [4.69, 9.17) is 0 Å². The van der Waals surface area contributed by atoms with Gasteiger partial charge in [-0.1, -0.05) is 0 Å². The number of nitrogens with one attached hydrogen (secondary N) is 3. The lowest BCUT2D eigenvalue weighted by atomic mass is 10.1. The average molecular weight is 474 g/mol. The molecule has 1 aliphatic heterocycles. The molecule has 3 rings (SSSR count). The van der Waals surface area contributed by atoms with Crippen LogP contribution >= 0.6 is 0 Å². The molecule has 9 nitrogen and oxygen atoms in total. The molecule has 1 fully saturated rings. The van der Waals surface area contributed by atoms with Crippen LogP contribution in [0.2, 0.25) is 0 Å². The van der Waals surface area contributed by atoms with Gasteiger partial charge < -0.3 is 10.6 Å². The summed E-state index contributed by atoms with van der Waals surface area (Å²) in [5.74, 6) is -3.21. The topological polar surface area (TPSA) is 125 Å². The number of nitrogens with zero attached hydrogens (tertiary/aromatic N) is 1. The van der Waals surface area contributed by atoms with Crippen molar-refractivity contribution in [3.63, 3.8) is 0 Å². The summed E-state index contributed by atoms with van der Waals surface area (Å²) in [4.78, 5) is 35.4. The minimum atomic E-state index is -5.59. The summed E-state index contributed by atoms with van der Waals surface area (Å²) in [7, 11) is -5.00. The van der Waals surface area contributed by atoms with Crippen LogP contribution in [0.3, 0.4) is 0 Å². The lowest BCUT2D eigenvalue weighted by molar-refractivity contribution is -0.194. The van der Waals surface area contributed by atoms with E-state index in [-0.39, 0.29) is 10.6 Å². The Hall–Kier alpha value is -3.52. The number of halogens is 4. The zero-order valence-electron chi connectivity index (χ0n) is 16.0. The van der Waals surface area contributed by atoms with Crippen molar-refractivity contribution < 1.29 is 40.4 Å². The first-order chi connectivity index (χ1) is 14.8. The molecule has 0 radical (unpaired) electrons. The van der Waals surface area contributed by atoms with Crippen LogP contribution in [0.1, 0.15) is 6.92 Å². The molecule has 3 N–H and O–H groups in total. The fourth-order valence-corrected chi connectivity index (χ4v) is 4.12. The molecule has 32 heavy (non-hydrogen) atoms. The summed E-state index contributed by atoms with van der Waals surface area (Å²) in [6.45, 7) is 1.19. The molecule has 0 spiro atoms. The molecule has 1 atom stereocenters. The number of imide groups is 1. The van der Waals surface area contributed by atoms with Crippen LogP contribution in [0, 0.1) is 5.82 Å². The smallest absolute Gasteiger partial charge is 0.326 e. The highest BCUT2D eigenvalue weighted by Gasteiger charge is 2.69. The van der Waals surface area contributed by atoms with Crippen molar-refractivity contribution in [3.05, 3.63) is 54.3 Å². The third-order valence-corrected chi connectivity index (χ3v) is 5.77. The Morgan fingerprint density at radius 1 is 1.03 bits per heavy atom. The van der Waals surface area contributed by atoms with Crippen molar-refractivity contribution in [2.24, 2.45) is 0 Å². The SMILES string of the molecule is CC(=O)Nc1ccc(S(=O)(=O)N[C@@]2(C(F)(F)F)NC(=O)N(c3ccc(F)cc3)C2=O)cc1. The van der Waals surface area contributed by atoms with Gasteiger partial charge in [0, 0.05) is 12.6 Å². The quantitative estimate of drug-likeness (QED) is 0.452. The Labute approximate surface area is 178 Å². The van der Waals surface area contributed by atoms with Crippen LogP contribution in [0.15, 0.2) is 53.4 Å². The lowest BCUT2D eigenvalue weighted by Crippen LogP contribution is -2.69. The molecular formula is C18H14F4N4O5S. The Balaban J connectivity index is 2.00. The van der Waals surface area contributed by atoms with Gasteiger partial charge in [0.1, 0.15) is 5.82 Å². The number of amides is 4. The fourth-order valence-electron chi connectivity index (χ4n) is 2.85. The summed E-state index contributed by atoms with van der Waals surface area (Å²) in [6, 6.07) is 5.86. The summed E-state index contributed by atoms with van der Waals surface area (Å²) in [6.07, 6.45) is -5.59. The van der Waals surface area contributed by atoms with Crippen LogP contribution in [-0.2, 0) is 19.6 Å².